The Kier molecular flexibility index (Phi) is 3.07. The van der Waals surface area contributed by atoms with Gasteiger partial charge in [-0.2, -0.15) is 0 Å². The Morgan fingerprint density at radius 2 is 1.46 bits per heavy atom. The van der Waals surface area contributed by atoms with Gasteiger partial charge >= 0.3 is 0 Å². The Bertz CT molecular complexity index is 272. The minimum Gasteiger partial charge on any atom is -0.326 e. The van der Waals surface area contributed by atoms with Crippen LogP contribution in [0.2, 0.25) is 0 Å². The molecule has 0 spiro atoms. The lowest BCUT2D eigenvalue weighted by Crippen LogP contribution is -2.31. The number of hydrogen-bond acceptors (Lipinski definition) is 2. The van der Waals surface area contributed by atoms with Crippen molar-refractivity contribution in [3.05, 3.63) is 34.9 Å². The second-order valence-corrected chi connectivity index (χ2v) is 3.81. The molecule has 0 amide bonds. The van der Waals surface area contributed by atoms with E-state index in [1.807, 2.05) is 6.92 Å². The van der Waals surface area contributed by atoms with Gasteiger partial charge in [-0.1, -0.05) is 29.3 Å². The first-order valence-electron chi connectivity index (χ1n) is 4.60. The number of nitrogens with two attached hydrogens (primary N) is 2. The summed E-state index contributed by atoms with van der Waals surface area (Å²) in [5, 5.41) is 0. The molecular formula is C11H18N2. The molecule has 1 aromatic carbocycles. The summed E-state index contributed by atoms with van der Waals surface area (Å²) in [5.41, 5.74) is 15.3. The summed E-state index contributed by atoms with van der Waals surface area (Å²) < 4.78 is 0. The van der Waals surface area contributed by atoms with Gasteiger partial charge in [0, 0.05) is 12.1 Å². The zero-order valence-corrected chi connectivity index (χ0v) is 8.54. The standard InChI is InChI=1S/C11H18N2/c1-7-4-8(2)6-10(5-7)11(13)9(3)12/h4-6,9,11H,12-13H2,1-3H3/t9-,11+/m0/s1. The fraction of sp³-hybridized carbons (Fsp3) is 0.455. The maximum absolute atomic E-state index is 5.95. The first-order chi connectivity index (χ1) is 6.00. The average Bonchev–Trinajstić information content (AvgIpc) is 2.01. The maximum Gasteiger partial charge on any atom is 0.0446 e. The molecule has 0 aromatic heterocycles. The third kappa shape index (κ3) is 2.54. The summed E-state index contributed by atoms with van der Waals surface area (Å²) in [5.74, 6) is 0. The van der Waals surface area contributed by atoms with E-state index in [0.717, 1.165) is 5.56 Å². The monoisotopic (exact) mass is 178 g/mol. The lowest BCUT2D eigenvalue weighted by Gasteiger charge is -2.17. The van der Waals surface area contributed by atoms with Crippen LogP contribution in [0.5, 0.6) is 0 Å². The van der Waals surface area contributed by atoms with E-state index in [2.05, 4.69) is 32.0 Å². The van der Waals surface area contributed by atoms with E-state index < -0.39 is 0 Å². The van der Waals surface area contributed by atoms with E-state index in [4.69, 9.17) is 11.5 Å². The first kappa shape index (κ1) is 10.2. The third-order valence-corrected chi connectivity index (χ3v) is 2.20. The van der Waals surface area contributed by atoms with Gasteiger partial charge < -0.3 is 11.5 Å². The van der Waals surface area contributed by atoms with Gasteiger partial charge in [0.05, 0.1) is 0 Å². The van der Waals surface area contributed by atoms with Crippen molar-refractivity contribution in [3.8, 4) is 0 Å². The minimum atomic E-state index is -0.0569. The van der Waals surface area contributed by atoms with Crippen LogP contribution in [0.25, 0.3) is 0 Å². The molecule has 72 valence electrons. The molecule has 0 aliphatic heterocycles. The van der Waals surface area contributed by atoms with Crippen molar-refractivity contribution in [2.24, 2.45) is 11.5 Å². The summed E-state index contributed by atoms with van der Waals surface area (Å²) in [7, 11) is 0. The Hall–Kier alpha value is -0.860. The van der Waals surface area contributed by atoms with Gasteiger partial charge in [-0.05, 0) is 26.3 Å². The van der Waals surface area contributed by atoms with E-state index in [9.17, 15) is 0 Å². The Morgan fingerprint density at radius 3 is 1.85 bits per heavy atom. The largest absolute Gasteiger partial charge is 0.326 e. The number of aryl methyl sites for hydroxylation is 2. The van der Waals surface area contributed by atoms with Crippen molar-refractivity contribution in [3.63, 3.8) is 0 Å². The summed E-state index contributed by atoms with van der Waals surface area (Å²) in [6.45, 7) is 6.08. The Labute approximate surface area is 79.9 Å². The van der Waals surface area contributed by atoms with E-state index >= 15 is 0 Å². The predicted molar refractivity (Wildman–Crippen MR) is 56.5 cm³/mol. The van der Waals surface area contributed by atoms with E-state index in [0.29, 0.717) is 0 Å². The number of benzene rings is 1. The summed E-state index contributed by atoms with van der Waals surface area (Å²) >= 11 is 0. The molecule has 0 heterocycles. The molecule has 0 fully saturated rings. The van der Waals surface area contributed by atoms with Crippen LogP contribution in [0.4, 0.5) is 0 Å². The van der Waals surface area contributed by atoms with Crippen molar-refractivity contribution < 1.29 is 0 Å². The highest BCUT2D eigenvalue weighted by atomic mass is 14.8. The van der Waals surface area contributed by atoms with Gasteiger partial charge in [-0.25, -0.2) is 0 Å². The van der Waals surface area contributed by atoms with Crippen LogP contribution >= 0.6 is 0 Å². The van der Waals surface area contributed by atoms with Crippen LogP contribution in [0.1, 0.15) is 29.7 Å². The lowest BCUT2D eigenvalue weighted by molar-refractivity contribution is 0.588. The summed E-state index contributed by atoms with van der Waals surface area (Å²) in [6, 6.07) is 6.28. The summed E-state index contributed by atoms with van der Waals surface area (Å²) in [6.07, 6.45) is 0. The molecule has 0 radical (unpaired) electrons. The van der Waals surface area contributed by atoms with Crippen molar-refractivity contribution in [1.82, 2.24) is 0 Å². The van der Waals surface area contributed by atoms with E-state index in [-0.39, 0.29) is 12.1 Å². The molecule has 4 N–H and O–H groups in total. The second kappa shape index (κ2) is 3.90. The predicted octanol–water partition coefficient (Wildman–Crippen LogP) is 1.65. The normalized spacial score (nSPS) is 15.5. The highest BCUT2D eigenvalue weighted by Gasteiger charge is 2.10. The van der Waals surface area contributed by atoms with Crippen LogP contribution in [0.15, 0.2) is 18.2 Å². The lowest BCUT2D eigenvalue weighted by atomic mass is 9.98. The minimum absolute atomic E-state index is 0.00111. The Balaban J connectivity index is 3.01. The van der Waals surface area contributed by atoms with Gasteiger partial charge in [0.1, 0.15) is 0 Å². The van der Waals surface area contributed by atoms with Crippen molar-refractivity contribution in [1.29, 1.82) is 0 Å². The van der Waals surface area contributed by atoms with Gasteiger partial charge in [0.15, 0.2) is 0 Å². The summed E-state index contributed by atoms with van der Waals surface area (Å²) in [4.78, 5) is 0. The van der Waals surface area contributed by atoms with E-state index in [1.54, 1.807) is 0 Å². The third-order valence-electron chi connectivity index (χ3n) is 2.20. The van der Waals surface area contributed by atoms with Crippen LogP contribution in [-0.2, 0) is 0 Å². The van der Waals surface area contributed by atoms with Crippen LogP contribution in [0.3, 0.4) is 0 Å². The van der Waals surface area contributed by atoms with Crippen LogP contribution in [-0.4, -0.2) is 6.04 Å². The topological polar surface area (TPSA) is 52.0 Å². The van der Waals surface area contributed by atoms with Crippen LogP contribution in [0, 0.1) is 13.8 Å². The molecule has 0 aliphatic carbocycles. The van der Waals surface area contributed by atoms with Gasteiger partial charge in [0.25, 0.3) is 0 Å². The molecule has 13 heavy (non-hydrogen) atoms. The van der Waals surface area contributed by atoms with Crippen molar-refractivity contribution in [2.75, 3.05) is 0 Å². The highest BCUT2D eigenvalue weighted by molar-refractivity contribution is 5.31. The molecule has 1 aromatic rings. The van der Waals surface area contributed by atoms with Gasteiger partial charge in [-0.3, -0.25) is 0 Å². The highest BCUT2D eigenvalue weighted by Crippen LogP contribution is 2.16. The maximum atomic E-state index is 5.95. The smallest absolute Gasteiger partial charge is 0.0446 e. The first-order valence-corrected chi connectivity index (χ1v) is 4.60. The van der Waals surface area contributed by atoms with Crippen molar-refractivity contribution >= 4 is 0 Å². The Morgan fingerprint density at radius 1 is 1.00 bits per heavy atom. The average molecular weight is 178 g/mol. The fourth-order valence-corrected chi connectivity index (χ4v) is 1.51. The molecule has 0 saturated heterocycles. The second-order valence-electron chi connectivity index (χ2n) is 3.81. The van der Waals surface area contributed by atoms with Gasteiger partial charge in [-0.15, -0.1) is 0 Å². The molecule has 0 unspecified atom stereocenters. The van der Waals surface area contributed by atoms with Crippen molar-refractivity contribution in [2.45, 2.75) is 32.9 Å². The molecule has 0 saturated carbocycles. The molecule has 2 nitrogen and oxygen atoms in total. The molecule has 0 bridgehead atoms. The molecule has 1 rings (SSSR count). The van der Waals surface area contributed by atoms with E-state index in [1.165, 1.54) is 11.1 Å². The molecular weight excluding hydrogens is 160 g/mol. The molecule has 2 heteroatoms. The fourth-order valence-electron chi connectivity index (χ4n) is 1.51. The van der Waals surface area contributed by atoms with Gasteiger partial charge in [0.2, 0.25) is 0 Å². The SMILES string of the molecule is Cc1cc(C)cc([C@H](N)[C@H](C)N)c1. The molecule has 2 atom stereocenters. The van der Waals surface area contributed by atoms with Crippen LogP contribution < -0.4 is 11.5 Å². The number of rotatable bonds is 2. The number of hydrogen-bond donors (Lipinski definition) is 2. The zero-order valence-electron chi connectivity index (χ0n) is 8.54. The zero-order chi connectivity index (χ0) is 10.0. The molecule has 0 aliphatic rings. The quantitative estimate of drug-likeness (QED) is 0.723.